The topological polar surface area (TPSA) is 73.6 Å². The first-order chi connectivity index (χ1) is 13.4. The largest absolute Gasteiger partial charge is 0.495 e. The maximum Gasteiger partial charge on any atom is 0.152 e. The summed E-state index contributed by atoms with van der Waals surface area (Å²) in [7, 11) is 1.54. The lowest BCUT2D eigenvalue weighted by Crippen LogP contribution is -2.42. The molecule has 0 aliphatic carbocycles. The summed E-state index contributed by atoms with van der Waals surface area (Å²) in [5.41, 5.74) is 0.745. The molecule has 0 bridgehead atoms. The van der Waals surface area contributed by atoms with Crippen molar-refractivity contribution in [1.82, 2.24) is 0 Å². The Morgan fingerprint density at radius 3 is 2.57 bits per heavy atom. The van der Waals surface area contributed by atoms with Gasteiger partial charge in [0.25, 0.3) is 0 Å². The van der Waals surface area contributed by atoms with Crippen molar-refractivity contribution in [3.05, 3.63) is 58.9 Å². The zero-order valence-corrected chi connectivity index (χ0v) is 16.0. The lowest BCUT2D eigenvalue weighted by atomic mass is 9.77. The van der Waals surface area contributed by atoms with Crippen molar-refractivity contribution in [2.24, 2.45) is 5.92 Å². The summed E-state index contributed by atoms with van der Waals surface area (Å²) >= 11 is 0. The van der Waals surface area contributed by atoms with Gasteiger partial charge in [-0.2, -0.15) is 5.26 Å². The predicted molar refractivity (Wildman–Crippen MR) is 104 cm³/mol. The van der Waals surface area contributed by atoms with Crippen LogP contribution in [0.25, 0.3) is 0 Å². The van der Waals surface area contributed by atoms with E-state index in [1.165, 1.54) is 12.1 Å². The van der Waals surface area contributed by atoms with Gasteiger partial charge in [-0.15, -0.1) is 0 Å². The Morgan fingerprint density at radius 2 is 2.00 bits per heavy atom. The molecule has 1 fully saturated rings. The van der Waals surface area contributed by atoms with Crippen molar-refractivity contribution < 1.29 is 19.0 Å². The number of piperidine rings is 1. The van der Waals surface area contributed by atoms with E-state index in [1.807, 2.05) is 12.1 Å². The molecule has 1 N–H and O–H groups in total. The van der Waals surface area contributed by atoms with E-state index in [1.54, 1.807) is 26.2 Å². The van der Waals surface area contributed by atoms with Crippen LogP contribution in [-0.2, 0) is 5.60 Å². The van der Waals surface area contributed by atoms with Gasteiger partial charge in [0, 0.05) is 24.8 Å². The summed E-state index contributed by atoms with van der Waals surface area (Å²) in [4.78, 5) is 13.0. The van der Waals surface area contributed by atoms with Gasteiger partial charge in [0.15, 0.2) is 6.29 Å². The summed E-state index contributed by atoms with van der Waals surface area (Å²) in [5.74, 6) is -0.111. The van der Waals surface area contributed by atoms with Gasteiger partial charge in [0.2, 0.25) is 0 Å². The maximum atomic E-state index is 14.0. The molecule has 1 saturated heterocycles. The quantitative estimate of drug-likeness (QED) is 0.799. The van der Waals surface area contributed by atoms with E-state index in [4.69, 9.17) is 10.00 Å². The van der Waals surface area contributed by atoms with Gasteiger partial charge in [-0.25, -0.2) is 4.39 Å². The third kappa shape index (κ3) is 3.71. The van der Waals surface area contributed by atoms with Gasteiger partial charge in [0.05, 0.1) is 23.8 Å². The second-order valence-corrected chi connectivity index (χ2v) is 7.26. The molecule has 28 heavy (non-hydrogen) atoms. The van der Waals surface area contributed by atoms with Crippen LogP contribution in [0.15, 0.2) is 36.4 Å². The van der Waals surface area contributed by atoms with Gasteiger partial charge in [-0.05, 0) is 55.5 Å². The first kappa shape index (κ1) is 19.8. The smallest absolute Gasteiger partial charge is 0.152 e. The number of methoxy groups -OCH3 is 1. The average Bonchev–Trinajstić information content (AvgIpc) is 2.73. The summed E-state index contributed by atoms with van der Waals surface area (Å²) < 4.78 is 19.3. The van der Waals surface area contributed by atoms with Crippen LogP contribution in [0.2, 0.25) is 0 Å². The van der Waals surface area contributed by atoms with E-state index in [2.05, 4.69) is 11.0 Å². The standard InChI is InChI=1S/C22H23FN2O3/c1-22(27,18-5-3-16(14-26)20(23)11-18)17-7-9-25(10-8-17)19-6-4-15(13-24)21(12-19)28-2/h3-6,11-12,14,17,27H,7-10H2,1-2H3. The summed E-state index contributed by atoms with van der Waals surface area (Å²) in [5, 5.41) is 20.2. The van der Waals surface area contributed by atoms with Crippen LogP contribution in [0.5, 0.6) is 5.75 Å². The fourth-order valence-corrected chi connectivity index (χ4v) is 3.84. The minimum absolute atomic E-state index is 0.0101. The van der Waals surface area contributed by atoms with Crippen LogP contribution in [0.3, 0.4) is 0 Å². The number of nitrogens with zero attached hydrogens (tertiary/aromatic N) is 2. The van der Waals surface area contributed by atoms with Crippen molar-refractivity contribution >= 4 is 12.0 Å². The lowest BCUT2D eigenvalue weighted by molar-refractivity contribution is -0.0164. The number of rotatable bonds is 5. The molecule has 1 aliphatic rings. The zero-order valence-electron chi connectivity index (χ0n) is 16.0. The van der Waals surface area contributed by atoms with Gasteiger partial charge in [-0.1, -0.05) is 6.07 Å². The highest BCUT2D eigenvalue weighted by Crippen LogP contribution is 2.38. The van der Waals surface area contributed by atoms with E-state index in [-0.39, 0.29) is 11.5 Å². The monoisotopic (exact) mass is 382 g/mol. The molecule has 0 spiro atoms. The van der Waals surface area contributed by atoms with Crippen LogP contribution in [0, 0.1) is 23.1 Å². The molecule has 1 atom stereocenters. The first-order valence-electron chi connectivity index (χ1n) is 9.21. The Labute approximate surface area is 164 Å². The normalized spacial score (nSPS) is 16.9. The van der Waals surface area contributed by atoms with Crippen molar-refractivity contribution in [2.45, 2.75) is 25.4 Å². The SMILES string of the molecule is COc1cc(N2CCC(C(C)(O)c3ccc(C=O)c(F)c3)CC2)ccc1C#N. The van der Waals surface area contributed by atoms with Crippen molar-refractivity contribution in [3.8, 4) is 11.8 Å². The third-order valence-corrected chi connectivity index (χ3v) is 5.67. The van der Waals surface area contributed by atoms with Gasteiger partial charge < -0.3 is 14.7 Å². The molecule has 3 rings (SSSR count). The highest BCUT2D eigenvalue weighted by molar-refractivity contribution is 5.75. The molecule has 0 amide bonds. The number of anilines is 1. The molecule has 146 valence electrons. The number of benzene rings is 2. The van der Waals surface area contributed by atoms with Crippen LogP contribution >= 0.6 is 0 Å². The van der Waals surface area contributed by atoms with Crippen LogP contribution < -0.4 is 9.64 Å². The van der Waals surface area contributed by atoms with Crippen molar-refractivity contribution in [2.75, 3.05) is 25.1 Å². The number of aliphatic hydroxyl groups is 1. The second kappa shape index (κ2) is 7.99. The van der Waals surface area contributed by atoms with Gasteiger partial charge in [0.1, 0.15) is 17.6 Å². The molecule has 2 aromatic carbocycles. The summed E-state index contributed by atoms with van der Waals surface area (Å²) in [6.45, 7) is 3.16. The molecule has 1 aliphatic heterocycles. The number of halogens is 1. The number of ether oxygens (including phenoxy) is 1. The van der Waals surface area contributed by atoms with E-state index in [0.717, 1.165) is 31.6 Å². The number of hydrogen-bond acceptors (Lipinski definition) is 5. The Kier molecular flexibility index (Phi) is 5.66. The highest BCUT2D eigenvalue weighted by atomic mass is 19.1. The van der Waals surface area contributed by atoms with Crippen LogP contribution in [-0.4, -0.2) is 31.6 Å². The van der Waals surface area contributed by atoms with Crippen molar-refractivity contribution in [3.63, 3.8) is 0 Å². The van der Waals surface area contributed by atoms with Crippen LogP contribution in [0.1, 0.15) is 41.3 Å². The molecular weight excluding hydrogens is 359 g/mol. The molecule has 0 aromatic heterocycles. The Bertz CT molecular complexity index is 912. The number of hydrogen-bond donors (Lipinski definition) is 1. The number of aldehydes is 1. The molecule has 1 unspecified atom stereocenters. The third-order valence-electron chi connectivity index (χ3n) is 5.67. The minimum atomic E-state index is -1.18. The van der Waals surface area contributed by atoms with Gasteiger partial charge in [-0.3, -0.25) is 4.79 Å². The van der Waals surface area contributed by atoms with E-state index in [0.29, 0.717) is 23.2 Å². The molecule has 0 radical (unpaired) electrons. The zero-order chi connectivity index (χ0) is 20.3. The predicted octanol–water partition coefficient (Wildman–Crippen LogP) is 3.64. The molecular formula is C22H23FN2O3. The lowest BCUT2D eigenvalue weighted by Gasteiger charge is -2.40. The molecule has 2 aromatic rings. The van der Waals surface area contributed by atoms with E-state index >= 15 is 0 Å². The second-order valence-electron chi connectivity index (χ2n) is 7.26. The first-order valence-corrected chi connectivity index (χ1v) is 9.21. The Morgan fingerprint density at radius 1 is 1.29 bits per heavy atom. The fourth-order valence-electron chi connectivity index (χ4n) is 3.84. The molecule has 5 nitrogen and oxygen atoms in total. The maximum absolute atomic E-state index is 14.0. The molecule has 0 saturated carbocycles. The number of nitriles is 1. The Hall–Kier alpha value is -2.91. The number of carbonyl (C=O) groups is 1. The van der Waals surface area contributed by atoms with Crippen LogP contribution in [0.4, 0.5) is 10.1 Å². The van der Waals surface area contributed by atoms with Crippen molar-refractivity contribution in [1.29, 1.82) is 5.26 Å². The minimum Gasteiger partial charge on any atom is -0.495 e. The Balaban J connectivity index is 1.73. The molecule has 6 heteroatoms. The van der Waals surface area contributed by atoms with E-state index < -0.39 is 11.4 Å². The summed E-state index contributed by atoms with van der Waals surface area (Å²) in [6, 6.07) is 11.9. The molecule has 1 heterocycles. The van der Waals surface area contributed by atoms with Gasteiger partial charge >= 0.3 is 0 Å². The number of carbonyl (C=O) groups excluding carboxylic acids is 1. The average molecular weight is 382 g/mol. The fraction of sp³-hybridized carbons (Fsp3) is 0.364. The summed E-state index contributed by atoms with van der Waals surface area (Å²) in [6.07, 6.45) is 1.93. The highest BCUT2D eigenvalue weighted by Gasteiger charge is 2.36. The van der Waals surface area contributed by atoms with E-state index in [9.17, 15) is 14.3 Å².